The Hall–Kier alpha value is -0.120. The molecule has 0 bridgehead atoms. The Labute approximate surface area is 113 Å². The summed E-state index contributed by atoms with van der Waals surface area (Å²) in [4.78, 5) is 2.62. The molecular weight excluding hydrogens is 224 g/mol. The molecule has 108 valence electrons. The number of methoxy groups -OCH3 is 1. The number of nitrogens with zero attached hydrogens (tertiary/aromatic N) is 1. The molecule has 3 nitrogen and oxygen atoms in total. The van der Waals surface area contributed by atoms with Crippen LogP contribution in [0.5, 0.6) is 0 Å². The number of hydrogen-bond donors (Lipinski definition) is 1. The van der Waals surface area contributed by atoms with E-state index in [-0.39, 0.29) is 0 Å². The van der Waals surface area contributed by atoms with Crippen LogP contribution in [0.3, 0.4) is 0 Å². The highest BCUT2D eigenvalue weighted by Crippen LogP contribution is 2.22. The van der Waals surface area contributed by atoms with Crippen LogP contribution in [0.4, 0.5) is 0 Å². The van der Waals surface area contributed by atoms with Gasteiger partial charge in [0.1, 0.15) is 0 Å². The molecule has 1 aliphatic heterocycles. The largest absolute Gasteiger partial charge is 0.383 e. The third kappa shape index (κ3) is 5.68. The average molecular weight is 256 g/mol. The van der Waals surface area contributed by atoms with Crippen LogP contribution in [-0.2, 0) is 4.74 Å². The molecule has 0 radical (unpaired) electrons. The minimum atomic E-state index is 0.527. The van der Waals surface area contributed by atoms with E-state index in [1.165, 1.54) is 19.5 Å². The van der Waals surface area contributed by atoms with Gasteiger partial charge in [-0.05, 0) is 30.7 Å². The van der Waals surface area contributed by atoms with Crippen LogP contribution in [0.25, 0.3) is 0 Å². The van der Waals surface area contributed by atoms with Gasteiger partial charge >= 0.3 is 0 Å². The van der Waals surface area contributed by atoms with Crippen molar-refractivity contribution >= 4 is 0 Å². The van der Waals surface area contributed by atoms with Gasteiger partial charge in [-0.15, -0.1) is 0 Å². The minimum Gasteiger partial charge on any atom is -0.383 e. The van der Waals surface area contributed by atoms with Gasteiger partial charge < -0.3 is 10.1 Å². The predicted molar refractivity (Wildman–Crippen MR) is 77.9 cm³/mol. The van der Waals surface area contributed by atoms with E-state index in [9.17, 15) is 0 Å². The van der Waals surface area contributed by atoms with Gasteiger partial charge in [-0.2, -0.15) is 0 Å². The molecule has 1 fully saturated rings. The monoisotopic (exact) mass is 256 g/mol. The zero-order chi connectivity index (χ0) is 13.5. The number of hydrogen-bond acceptors (Lipinski definition) is 3. The van der Waals surface area contributed by atoms with Crippen LogP contribution in [0.2, 0.25) is 0 Å². The van der Waals surface area contributed by atoms with Crippen molar-refractivity contribution in [1.29, 1.82) is 0 Å². The Morgan fingerprint density at radius 2 is 1.78 bits per heavy atom. The van der Waals surface area contributed by atoms with Crippen LogP contribution in [0.15, 0.2) is 0 Å². The van der Waals surface area contributed by atoms with Gasteiger partial charge in [0, 0.05) is 32.8 Å². The summed E-state index contributed by atoms with van der Waals surface area (Å²) in [5, 5.41) is 3.58. The molecule has 1 rings (SSSR count). The van der Waals surface area contributed by atoms with E-state index in [1.807, 2.05) is 7.11 Å². The zero-order valence-corrected chi connectivity index (χ0v) is 12.9. The van der Waals surface area contributed by atoms with Crippen molar-refractivity contribution in [2.45, 2.75) is 40.2 Å². The van der Waals surface area contributed by atoms with Gasteiger partial charge in [0.05, 0.1) is 6.61 Å². The lowest BCUT2D eigenvalue weighted by molar-refractivity contribution is 0.0446. The van der Waals surface area contributed by atoms with E-state index >= 15 is 0 Å². The fraction of sp³-hybridized carbons (Fsp3) is 1.00. The van der Waals surface area contributed by atoms with E-state index in [1.54, 1.807) is 0 Å². The van der Waals surface area contributed by atoms with Crippen molar-refractivity contribution in [3.05, 3.63) is 0 Å². The molecule has 0 amide bonds. The third-order valence-corrected chi connectivity index (χ3v) is 3.71. The summed E-state index contributed by atoms with van der Waals surface area (Å²) in [5.41, 5.74) is 0. The van der Waals surface area contributed by atoms with Crippen LogP contribution in [-0.4, -0.2) is 50.8 Å². The Kier molecular flexibility index (Phi) is 7.20. The number of rotatable bonds is 7. The molecular formula is C15H32N2O. The van der Waals surface area contributed by atoms with E-state index < -0.39 is 0 Å². The second-order valence-electron chi connectivity index (χ2n) is 6.56. The van der Waals surface area contributed by atoms with Crippen LogP contribution in [0, 0.1) is 17.8 Å². The molecule has 3 heteroatoms. The predicted octanol–water partition coefficient (Wildman–Crippen LogP) is 2.22. The maximum atomic E-state index is 5.40. The van der Waals surface area contributed by atoms with Crippen LogP contribution in [0.1, 0.15) is 34.1 Å². The first-order chi connectivity index (χ1) is 8.52. The van der Waals surface area contributed by atoms with Crippen LogP contribution < -0.4 is 5.32 Å². The Morgan fingerprint density at radius 3 is 2.28 bits per heavy atom. The van der Waals surface area contributed by atoms with E-state index in [2.05, 4.69) is 37.9 Å². The second kappa shape index (κ2) is 8.13. The SMILES string of the molecule is COCC(CNCC(C)C)N1CC(C)CC(C)C1. The highest BCUT2D eigenvalue weighted by Gasteiger charge is 2.27. The summed E-state index contributed by atoms with van der Waals surface area (Å²) in [6, 6.07) is 0.527. The van der Waals surface area contributed by atoms with E-state index in [0.29, 0.717) is 12.0 Å². The summed E-state index contributed by atoms with van der Waals surface area (Å²) in [7, 11) is 1.81. The molecule has 1 saturated heterocycles. The van der Waals surface area contributed by atoms with E-state index in [0.717, 1.165) is 31.5 Å². The molecule has 0 spiro atoms. The van der Waals surface area contributed by atoms with Gasteiger partial charge in [0.2, 0.25) is 0 Å². The molecule has 18 heavy (non-hydrogen) atoms. The first kappa shape index (κ1) is 15.9. The Bertz CT molecular complexity index is 211. The van der Waals surface area contributed by atoms with Crippen molar-refractivity contribution in [3.63, 3.8) is 0 Å². The second-order valence-corrected chi connectivity index (χ2v) is 6.56. The Morgan fingerprint density at radius 1 is 1.17 bits per heavy atom. The fourth-order valence-electron chi connectivity index (χ4n) is 3.03. The van der Waals surface area contributed by atoms with Gasteiger partial charge in [-0.25, -0.2) is 0 Å². The average Bonchev–Trinajstić information content (AvgIpc) is 2.26. The summed E-state index contributed by atoms with van der Waals surface area (Å²) < 4.78 is 5.40. The topological polar surface area (TPSA) is 24.5 Å². The van der Waals surface area contributed by atoms with Crippen molar-refractivity contribution in [2.75, 3.05) is 39.9 Å². The lowest BCUT2D eigenvalue weighted by atomic mass is 9.91. The standard InChI is InChI=1S/C15H32N2O/c1-12(2)7-16-8-15(11-18-5)17-9-13(3)6-14(4)10-17/h12-16H,6-11H2,1-5H3. The summed E-state index contributed by atoms with van der Waals surface area (Å²) in [6.07, 6.45) is 1.37. The minimum absolute atomic E-state index is 0.527. The van der Waals surface area contributed by atoms with Gasteiger partial charge in [-0.3, -0.25) is 4.90 Å². The number of ether oxygens (including phenoxy) is 1. The van der Waals surface area contributed by atoms with Gasteiger partial charge in [0.15, 0.2) is 0 Å². The van der Waals surface area contributed by atoms with Crippen molar-refractivity contribution in [3.8, 4) is 0 Å². The molecule has 1 aliphatic rings. The van der Waals surface area contributed by atoms with E-state index in [4.69, 9.17) is 4.74 Å². The fourth-order valence-corrected chi connectivity index (χ4v) is 3.03. The number of nitrogens with one attached hydrogen (secondary N) is 1. The van der Waals surface area contributed by atoms with Gasteiger partial charge in [0.25, 0.3) is 0 Å². The highest BCUT2D eigenvalue weighted by molar-refractivity contribution is 4.82. The molecule has 1 N–H and O–H groups in total. The van der Waals surface area contributed by atoms with Crippen molar-refractivity contribution < 1.29 is 4.74 Å². The molecule has 0 aromatic heterocycles. The summed E-state index contributed by atoms with van der Waals surface area (Å²) in [5.74, 6) is 2.35. The molecule has 0 aromatic carbocycles. The van der Waals surface area contributed by atoms with Gasteiger partial charge in [-0.1, -0.05) is 27.7 Å². The first-order valence-corrected chi connectivity index (χ1v) is 7.46. The smallest absolute Gasteiger partial charge is 0.0630 e. The molecule has 0 aliphatic carbocycles. The first-order valence-electron chi connectivity index (χ1n) is 7.46. The summed E-state index contributed by atoms with van der Waals surface area (Å²) >= 11 is 0. The summed E-state index contributed by atoms with van der Waals surface area (Å²) in [6.45, 7) is 14.7. The molecule has 0 saturated carbocycles. The third-order valence-electron chi connectivity index (χ3n) is 3.71. The lowest BCUT2D eigenvalue weighted by Crippen LogP contribution is -2.51. The quantitative estimate of drug-likeness (QED) is 0.756. The number of likely N-dealkylation sites (tertiary alicyclic amines) is 1. The normalized spacial score (nSPS) is 27.7. The lowest BCUT2D eigenvalue weighted by Gasteiger charge is -2.40. The van der Waals surface area contributed by atoms with Crippen molar-refractivity contribution in [1.82, 2.24) is 10.2 Å². The molecule has 3 unspecified atom stereocenters. The number of piperidine rings is 1. The maximum Gasteiger partial charge on any atom is 0.0630 e. The molecule has 3 atom stereocenters. The Balaban J connectivity index is 2.43. The highest BCUT2D eigenvalue weighted by atomic mass is 16.5. The maximum absolute atomic E-state index is 5.40. The van der Waals surface area contributed by atoms with Crippen molar-refractivity contribution in [2.24, 2.45) is 17.8 Å². The zero-order valence-electron chi connectivity index (χ0n) is 12.9. The molecule has 1 heterocycles. The van der Waals surface area contributed by atoms with Crippen LogP contribution >= 0.6 is 0 Å². The molecule has 0 aromatic rings.